The fourth-order valence-electron chi connectivity index (χ4n) is 4.14. The van der Waals surface area contributed by atoms with Gasteiger partial charge in [0.1, 0.15) is 49.4 Å². The van der Waals surface area contributed by atoms with E-state index in [4.69, 9.17) is 18.9 Å². The van der Waals surface area contributed by atoms with Crippen molar-refractivity contribution in [1.29, 1.82) is 0 Å². The van der Waals surface area contributed by atoms with Crippen molar-refractivity contribution in [3.8, 4) is 23.0 Å². The van der Waals surface area contributed by atoms with E-state index in [1.165, 1.54) is 0 Å². The van der Waals surface area contributed by atoms with Crippen LogP contribution in [0.2, 0.25) is 0 Å². The summed E-state index contributed by atoms with van der Waals surface area (Å²) in [5, 5.41) is 0.701. The van der Waals surface area contributed by atoms with Crippen LogP contribution in [0.15, 0.2) is 127 Å². The van der Waals surface area contributed by atoms with Gasteiger partial charge >= 0.3 is 0 Å². The number of halogens is 1. The van der Waals surface area contributed by atoms with Gasteiger partial charge in [-0.05, 0) is 64.2 Å². The summed E-state index contributed by atoms with van der Waals surface area (Å²) in [6, 6.07) is 42.3. The highest BCUT2D eigenvalue weighted by molar-refractivity contribution is 9.08. The molecule has 0 saturated carbocycles. The van der Waals surface area contributed by atoms with Gasteiger partial charge in [0.05, 0.1) is 0 Å². The number of hydrogen-bond donors (Lipinski definition) is 0. The third-order valence-corrected chi connectivity index (χ3v) is 6.85. The lowest BCUT2D eigenvalue weighted by molar-refractivity contribution is 0.285. The molecule has 0 aromatic heterocycles. The highest BCUT2D eigenvalue weighted by Gasteiger charge is 2.06. The fourth-order valence-corrected chi connectivity index (χ4v) is 4.46. The van der Waals surface area contributed by atoms with Crippen molar-refractivity contribution in [2.24, 2.45) is 0 Å². The largest absolute Gasteiger partial charge is 0.489 e. The molecule has 5 rings (SSSR count). The minimum Gasteiger partial charge on any atom is -0.489 e. The first-order chi connectivity index (χ1) is 19.7. The van der Waals surface area contributed by atoms with Gasteiger partial charge in [0.25, 0.3) is 0 Å². The zero-order valence-corrected chi connectivity index (χ0v) is 23.8. The van der Waals surface area contributed by atoms with E-state index >= 15 is 0 Å². The van der Waals surface area contributed by atoms with Crippen LogP contribution in [0.5, 0.6) is 23.0 Å². The number of hydrogen-bond acceptors (Lipinski definition) is 4. The van der Waals surface area contributed by atoms with Gasteiger partial charge in [0.2, 0.25) is 0 Å². The molecule has 202 valence electrons. The first-order valence-electron chi connectivity index (χ1n) is 13.2. The maximum atomic E-state index is 6.16. The molecular formula is C35H31BrO4. The molecule has 0 saturated heterocycles. The van der Waals surface area contributed by atoms with Crippen LogP contribution in [-0.2, 0) is 31.8 Å². The second kappa shape index (κ2) is 14.2. The van der Waals surface area contributed by atoms with Gasteiger partial charge in [-0.1, -0.05) is 101 Å². The molecule has 0 heterocycles. The van der Waals surface area contributed by atoms with Crippen molar-refractivity contribution < 1.29 is 18.9 Å². The molecule has 0 amide bonds. The fraction of sp³-hybridized carbons (Fsp3) is 0.143. The third kappa shape index (κ3) is 8.39. The summed E-state index contributed by atoms with van der Waals surface area (Å²) >= 11 is 3.57. The van der Waals surface area contributed by atoms with E-state index in [-0.39, 0.29) is 0 Å². The Bertz CT molecular complexity index is 1380. The van der Waals surface area contributed by atoms with Gasteiger partial charge < -0.3 is 18.9 Å². The normalized spacial score (nSPS) is 10.6. The summed E-state index contributed by atoms with van der Waals surface area (Å²) in [4.78, 5) is 0. The molecule has 0 aliphatic heterocycles. The van der Waals surface area contributed by atoms with Crippen LogP contribution in [0.25, 0.3) is 0 Å². The average molecular weight is 596 g/mol. The van der Waals surface area contributed by atoms with Crippen molar-refractivity contribution in [3.63, 3.8) is 0 Å². The van der Waals surface area contributed by atoms with Crippen molar-refractivity contribution in [2.45, 2.75) is 31.8 Å². The summed E-state index contributed by atoms with van der Waals surface area (Å²) in [6.07, 6.45) is 0. The molecule has 0 N–H and O–H groups in total. The molecule has 0 spiro atoms. The summed E-state index contributed by atoms with van der Waals surface area (Å²) in [6.45, 7) is 1.91. The van der Waals surface area contributed by atoms with E-state index < -0.39 is 0 Å². The molecule has 0 aliphatic rings. The molecule has 0 aliphatic carbocycles. The van der Waals surface area contributed by atoms with Gasteiger partial charge in [-0.15, -0.1) is 0 Å². The van der Waals surface area contributed by atoms with Gasteiger partial charge in [0.15, 0.2) is 0 Å². The molecule has 40 heavy (non-hydrogen) atoms. The zero-order valence-electron chi connectivity index (χ0n) is 22.2. The van der Waals surface area contributed by atoms with Crippen LogP contribution in [-0.4, -0.2) is 0 Å². The Morgan fingerprint density at radius 1 is 0.350 bits per heavy atom. The first-order valence-corrected chi connectivity index (χ1v) is 14.3. The highest BCUT2D eigenvalue weighted by atomic mass is 79.9. The van der Waals surface area contributed by atoms with E-state index in [0.29, 0.717) is 31.8 Å². The molecule has 0 radical (unpaired) electrons. The topological polar surface area (TPSA) is 36.9 Å². The second-order valence-electron chi connectivity index (χ2n) is 9.37. The van der Waals surface area contributed by atoms with Crippen molar-refractivity contribution in [3.05, 3.63) is 155 Å². The molecule has 5 aromatic rings. The standard InChI is InChI=1S/C35H31BrO4/c36-22-31-19-34(39-25-29-13-7-15-32(17-29)37-23-27-9-3-1-4-10-27)21-35(20-31)40-26-30-14-8-16-33(18-30)38-24-28-11-5-2-6-12-28/h1-21H,22-26H2. The lowest BCUT2D eigenvalue weighted by Crippen LogP contribution is -2.00. The van der Waals surface area contributed by atoms with Crippen molar-refractivity contribution in [1.82, 2.24) is 0 Å². The smallest absolute Gasteiger partial charge is 0.123 e. The Hall–Kier alpha value is -4.22. The Labute approximate surface area is 244 Å². The molecule has 4 nitrogen and oxygen atoms in total. The van der Waals surface area contributed by atoms with E-state index in [1.807, 2.05) is 103 Å². The van der Waals surface area contributed by atoms with E-state index in [1.54, 1.807) is 0 Å². The summed E-state index contributed by atoms with van der Waals surface area (Å²) in [7, 11) is 0. The molecule has 0 bridgehead atoms. The van der Waals surface area contributed by atoms with Crippen LogP contribution < -0.4 is 18.9 Å². The first kappa shape index (κ1) is 27.4. The van der Waals surface area contributed by atoms with Crippen molar-refractivity contribution in [2.75, 3.05) is 0 Å². The van der Waals surface area contributed by atoms with Gasteiger partial charge in [-0.3, -0.25) is 0 Å². The Morgan fingerprint density at radius 3 is 1.18 bits per heavy atom. The lowest BCUT2D eigenvalue weighted by atomic mass is 10.2. The monoisotopic (exact) mass is 594 g/mol. The van der Waals surface area contributed by atoms with E-state index in [9.17, 15) is 0 Å². The van der Waals surface area contributed by atoms with Crippen LogP contribution in [0.3, 0.4) is 0 Å². The SMILES string of the molecule is BrCc1cc(OCc2cccc(OCc3ccccc3)c2)cc(OCc2cccc(OCc3ccccc3)c2)c1. The molecule has 0 atom stereocenters. The van der Waals surface area contributed by atoms with Gasteiger partial charge in [-0.25, -0.2) is 0 Å². The molecular weight excluding hydrogens is 564 g/mol. The lowest BCUT2D eigenvalue weighted by Gasteiger charge is -2.13. The summed E-state index contributed by atoms with van der Waals surface area (Å²) in [5.74, 6) is 3.14. The van der Waals surface area contributed by atoms with E-state index in [2.05, 4.69) is 40.2 Å². The predicted molar refractivity (Wildman–Crippen MR) is 162 cm³/mol. The number of rotatable bonds is 13. The zero-order chi connectivity index (χ0) is 27.4. The summed E-state index contributed by atoms with van der Waals surface area (Å²) in [5.41, 5.74) is 5.41. The molecule has 0 unspecified atom stereocenters. The number of benzene rings is 5. The van der Waals surface area contributed by atoms with Crippen molar-refractivity contribution >= 4 is 15.9 Å². The van der Waals surface area contributed by atoms with Crippen LogP contribution in [0.1, 0.15) is 27.8 Å². The summed E-state index contributed by atoms with van der Waals surface area (Å²) < 4.78 is 24.3. The third-order valence-electron chi connectivity index (χ3n) is 6.20. The van der Waals surface area contributed by atoms with E-state index in [0.717, 1.165) is 50.8 Å². The highest BCUT2D eigenvalue weighted by Crippen LogP contribution is 2.27. The number of alkyl halides is 1. The van der Waals surface area contributed by atoms with Crippen LogP contribution >= 0.6 is 15.9 Å². The van der Waals surface area contributed by atoms with Crippen LogP contribution in [0.4, 0.5) is 0 Å². The maximum absolute atomic E-state index is 6.16. The second-order valence-corrected chi connectivity index (χ2v) is 9.93. The minimum absolute atomic E-state index is 0.425. The Balaban J connectivity index is 1.17. The van der Waals surface area contributed by atoms with Crippen LogP contribution in [0, 0.1) is 0 Å². The molecule has 5 heteroatoms. The Morgan fingerprint density at radius 2 is 0.725 bits per heavy atom. The average Bonchev–Trinajstić information content (AvgIpc) is 3.02. The van der Waals surface area contributed by atoms with Gasteiger partial charge in [0, 0.05) is 11.4 Å². The maximum Gasteiger partial charge on any atom is 0.123 e. The number of ether oxygens (including phenoxy) is 4. The Kier molecular flexibility index (Phi) is 9.74. The predicted octanol–water partition coefficient (Wildman–Crippen LogP) is 8.90. The minimum atomic E-state index is 0.425. The molecule has 0 fully saturated rings. The van der Waals surface area contributed by atoms with Gasteiger partial charge in [-0.2, -0.15) is 0 Å². The quantitative estimate of drug-likeness (QED) is 0.127. The molecule has 5 aromatic carbocycles.